The number of hydrogen-bond donors (Lipinski definition) is 8. The maximum absolute atomic E-state index is 11.9. The van der Waals surface area contributed by atoms with Gasteiger partial charge in [-0.3, -0.25) is 23.5 Å². The van der Waals surface area contributed by atoms with Crippen LogP contribution < -0.4 is 0 Å². The maximum Gasteiger partial charge on any atom is 0.328 e. The zero-order valence-electron chi connectivity index (χ0n) is 28.1. The van der Waals surface area contributed by atoms with E-state index in [2.05, 4.69) is 0 Å². The van der Waals surface area contributed by atoms with E-state index >= 15 is 0 Å². The molecule has 19 nitrogen and oxygen atoms in total. The van der Waals surface area contributed by atoms with E-state index in [4.69, 9.17) is 39.7 Å². The van der Waals surface area contributed by atoms with Crippen molar-refractivity contribution in [2.24, 2.45) is 16.7 Å². The molecule has 2 aliphatic carbocycles. The molecule has 4 rings (SSSR count). The number of carboxylic acid groups (broad SMARTS) is 6. The Bertz CT molecular complexity index is 1870. The standard InChI is InChI=1S/C10H16O4S.C10H8O3S.C4H6O4.2C4H4O4/c1-9(2)7-3-4-10(9,8(11)5-7)6-15(12,13)14;11-14(12,13)10-7-3-5-8-4-1-2-6-9(8)10;3*5-3(6)1-2-4(7)8/h7H,3-6H2,1-2H3,(H,12,13,14);1-7H,(H,11,12,13);1-2H2,(H,5,6)(H,7,8);2*1-2H,(H,5,6)(H,7,8)/b;;;2-1+;2-1-/t7?,10-;;;;/m1..../s1. The van der Waals surface area contributed by atoms with Crippen LogP contribution in [0.4, 0.5) is 0 Å². The summed E-state index contributed by atoms with van der Waals surface area (Å²) in [4.78, 5) is 69.3. The van der Waals surface area contributed by atoms with Crippen LogP contribution in [0.5, 0.6) is 0 Å². The van der Waals surface area contributed by atoms with Gasteiger partial charge in [-0.25, -0.2) is 19.2 Å². The number of Topliss-reactive ketones (excluding diaryl/α,β-unsaturated/α-hetero) is 1. The molecule has 0 radical (unpaired) electrons. The minimum atomic E-state index is -4.13. The molecule has 2 saturated carbocycles. The summed E-state index contributed by atoms with van der Waals surface area (Å²) in [6.07, 6.45) is 3.61. The van der Waals surface area contributed by atoms with Gasteiger partial charge < -0.3 is 30.6 Å². The molecule has 2 atom stereocenters. The van der Waals surface area contributed by atoms with Crippen molar-refractivity contribution >= 4 is 72.6 Å². The minimum Gasteiger partial charge on any atom is -0.481 e. The second-order valence-electron chi connectivity index (χ2n) is 11.7. The van der Waals surface area contributed by atoms with E-state index in [0.717, 1.165) is 11.8 Å². The summed E-state index contributed by atoms with van der Waals surface area (Å²) in [5.74, 6) is -7.28. The third-order valence-corrected chi connectivity index (χ3v) is 9.65. The zero-order chi connectivity index (χ0) is 41.4. The van der Waals surface area contributed by atoms with Crippen LogP contribution in [0.25, 0.3) is 10.8 Å². The molecule has 21 heteroatoms. The van der Waals surface area contributed by atoms with Gasteiger partial charge in [-0.1, -0.05) is 50.2 Å². The number of ketones is 1. The molecule has 0 amide bonds. The molecule has 2 aliphatic rings. The molecule has 0 saturated heterocycles. The number of aliphatic carboxylic acids is 6. The van der Waals surface area contributed by atoms with Crippen molar-refractivity contribution in [3.63, 3.8) is 0 Å². The highest BCUT2D eigenvalue weighted by Gasteiger charge is 2.65. The molecule has 0 heterocycles. The molecule has 0 aromatic heterocycles. The molecular weight excluding hydrogens is 752 g/mol. The second kappa shape index (κ2) is 20.5. The lowest BCUT2D eigenvalue weighted by Crippen LogP contribution is -2.42. The summed E-state index contributed by atoms with van der Waals surface area (Å²) in [5.41, 5.74) is -1.12. The van der Waals surface area contributed by atoms with Gasteiger partial charge in [-0.15, -0.1) is 0 Å². The highest BCUT2D eigenvalue weighted by molar-refractivity contribution is 7.86. The van der Waals surface area contributed by atoms with Crippen molar-refractivity contribution in [2.75, 3.05) is 5.75 Å². The molecule has 0 aliphatic heterocycles. The first-order chi connectivity index (χ1) is 24.2. The third-order valence-electron chi connectivity index (χ3n) is 7.89. The average Bonchev–Trinajstić information content (AvgIpc) is 3.36. The summed E-state index contributed by atoms with van der Waals surface area (Å²) < 4.78 is 61.9. The molecule has 0 spiro atoms. The van der Waals surface area contributed by atoms with Crippen molar-refractivity contribution in [1.82, 2.24) is 0 Å². The third kappa shape index (κ3) is 17.0. The molecular formula is C32H38O19S2. The SMILES string of the molecule is CC1(C)C2CC[C@@]1(CS(=O)(=O)O)C(=O)C2.O=C(O)/C=C/C(=O)O.O=C(O)/C=C\C(=O)O.O=C(O)CCC(=O)O.O=S(=O)(O)c1cccc2ccccc12. The lowest BCUT2D eigenvalue weighted by Gasteiger charge is -2.35. The van der Waals surface area contributed by atoms with Gasteiger partial charge >= 0.3 is 35.8 Å². The number of rotatable bonds is 10. The van der Waals surface area contributed by atoms with Crippen LogP contribution >= 0.6 is 0 Å². The van der Waals surface area contributed by atoms with Gasteiger partial charge in [0, 0.05) is 36.1 Å². The number of benzene rings is 2. The lowest BCUT2D eigenvalue weighted by atomic mass is 9.70. The first-order valence-electron chi connectivity index (χ1n) is 14.8. The highest BCUT2D eigenvalue weighted by Crippen LogP contribution is 2.64. The van der Waals surface area contributed by atoms with Crippen LogP contribution in [0, 0.1) is 16.7 Å². The van der Waals surface area contributed by atoms with Crippen LogP contribution in [0.2, 0.25) is 0 Å². The van der Waals surface area contributed by atoms with Gasteiger partial charge in [0.05, 0.1) is 24.0 Å². The Morgan fingerprint density at radius 3 is 1.43 bits per heavy atom. The summed E-state index contributed by atoms with van der Waals surface area (Å²) in [7, 11) is -8.21. The monoisotopic (exact) mass is 790 g/mol. The summed E-state index contributed by atoms with van der Waals surface area (Å²) in [5, 5.41) is 48.4. The molecule has 53 heavy (non-hydrogen) atoms. The zero-order valence-corrected chi connectivity index (χ0v) is 29.7. The highest BCUT2D eigenvalue weighted by atomic mass is 32.2. The van der Waals surface area contributed by atoms with Gasteiger partial charge in [-0.05, 0) is 35.6 Å². The fourth-order valence-corrected chi connectivity index (χ4v) is 7.35. The Labute approximate surface area is 302 Å². The van der Waals surface area contributed by atoms with Gasteiger partial charge in [0.1, 0.15) is 10.7 Å². The van der Waals surface area contributed by atoms with Crippen molar-refractivity contribution < 1.29 is 90.1 Å². The Morgan fingerprint density at radius 2 is 1.11 bits per heavy atom. The molecule has 292 valence electrons. The van der Waals surface area contributed by atoms with Crippen molar-refractivity contribution in [3.8, 4) is 0 Å². The Kier molecular flexibility index (Phi) is 18.4. The average molecular weight is 791 g/mol. The maximum atomic E-state index is 11.9. The topological polar surface area (TPSA) is 350 Å². The Hall–Kier alpha value is -5.51. The Morgan fingerprint density at radius 1 is 0.698 bits per heavy atom. The van der Waals surface area contributed by atoms with Gasteiger partial charge in [0.25, 0.3) is 20.2 Å². The number of hydrogen-bond acceptors (Lipinski definition) is 11. The molecule has 2 fully saturated rings. The second-order valence-corrected chi connectivity index (χ2v) is 14.5. The van der Waals surface area contributed by atoms with Gasteiger partial charge in [-0.2, -0.15) is 16.8 Å². The summed E-state index contributed by atoms with van der Waals surface area (Å²) in [6, 6.07) is 11.8. The van der Waals surface area contributed by atoms with E-state index in [1.807, 2.05) is 19.9 Å². The molecule has 2 aromatic carbocycles. The number of carbonyl (C=O) groups excluding carboxylic acids is 1. The number of carbonyl (C=O) groups is 7. The van der Waals surface area contributed by atoms with E-state index in [1.54, 1.807) is 30.3 Å². The van der Waals surface area contributed by atoms with Crippen LogP contribution in [0.1, 0.15) is 46.0 Å². The van der Waals surface area contributed by atoms with Crippen molar-refractivity contribution in [1.29, 1.82) is 0 Å². The van der Waals surface area contributed by atoms with Crippen molar-refractivity contribution in [2.45, 2.75) is 50.8 Å². The van der Waals surface area contributed by atoms with E-state index < -0.39 is 67.2 Å². The number of fused-ring (bicyclic) bond motifs is 3. The van der Waals surface area contributed by atoms with E-state index in [9.17, 15) is 50.4 Å². The number of carboxylic acids is 6. The van der Waals surface area contributed by atoms with Crippen LogP contribution in [0.3, 0.4) is 0 Å². The van der Waals surface area contributed by atoms with E-state index in [0.29, 0.717) is 42.5 Å². The fraction of sp³-hybridized carbons (Fsp3) is 0.344. The molecule has 8 N–H and O–H groups in total. The quantitative estimate of drug-likeness (QED) is 0.127. The smallest absolute Gasteiger partial charge is 0.328 e. The van der Waals surface area contributed by atoms with Gasteiger partial charge in [0.2, 0.25) is 0 Å². The fourth-order valence-electron chi connectivity index (χ4n) is 5.34. The van der Waals surface area contributed by atoms with Crippen LogP contribution in [-0.2, 0) is 53.8 Å². The molecule has 2 bridgehead atoms. The van der Waals surface area contributed by atoms with Crippen LogP contribution in [-0.4, -0.2) is 104 Å². The molecule has 2 aromatic rings. The van der Waals surface area contributed by atoms with Crippen molar-refractivity contribution in [3.05, 3.63) is 66.8 Å². The predicted molar refractivity (Wildman–Crippen MR) is 182 cm³/mol. The van der Waals surface area contributed by atoms with Gasteiger partial charge in [0.15, 0.2) is 0 Å². The largest absolute Gasteiger partial charge is 0.481 e. The Balaban J connectivity index is 0.000000662. The molecule has 1 unspecified atom stereocenters. The first kappa shape index (κ1) is 47.5. The van der Waals surface area contributed by atoms with E-state index in [-0.39, 0.29) is 34.9 Å². The predicted octanol–water partition coefficient (Wildman–Crippen LogP) is 2.72. The first-order valence-corrected chi connectivity index (χ1v) is 17.9. The normalized spacial score (nSPS) is 18.2. The summed E-state index contributed by atoms with van der Waals surface area (Å²) >= 11 is 0. The van der Waals surface area contributed by atoms with Crippen LogP contribution in [0.15, 0.2) is 71.7 Å². The lowest BCUT2D eigenvalue weighted by molar-refractivity contribution is -0.143. The minimum absolute atomic E-state index is 0.0152. The van der Waals surface area contributed by atoms with E-state index in [1.165, 1.54) is 6.07 Å². The summed E-state index contributed by atoms with van der Waals surface area (Å²) in [6.45, 7) is 3.89.